The maximum atomic E-state index is 5.49. The van der Waals surface area contributed by atoms with Gasteiger partial charge in [0.05, 0.1) is 19.3 Å². The molecule has 1 N–H and O–H groups in total. The Labute approximate surface area is 136 Å². The van der Waals surface area contributed by atoms with E-state index in [0.29, 0.717) is 6.04 Å². The molecule has 0 bridgehead atoms. The van der Waals surface area contributed by atoms with Gasteiger partial charge in [-0.1, -0.05) is 35.9 Å². The van der Waals surface area contributed by atoms with E-state index in [1.165, 1.54) is 16.0 Å². The first-order valence-electron chi connectivity index (χ1n) is 7.94. The van der Waals surface area contributed by atoms with Crippen LogP contribution in [0.25, 0.3) is 0 Å². The molecule has 3 rings (SSSR count). The summed E-state index contributed by atoms with van der Waals surface area (Å²) >= 11 is 1.85. The van der Waals surface area contributed by atoms with Crippen molar-refractivity contribution in [3.63, 3.8) is 0 Å². The minimum atomic E-state index is 0.453. The van der Waals surface area contributed by atoms with Gasteiger partial charge >= 0.3 is 0 Å². The van der Waals surface area contributed by atoms with Crippen molar-refractivity contribution in [3.8, 4) is 0 Å². The highest BCUT2D eigenvalue weighted by Crippen LogP contribution is 2.25. The summed E-state index contributed by atoms with van der Waals surface area (Å²) < 4.78 is 5.49. The highest BCUT2D eigenvalue weighted by molar-refractivity contribution is 7.10. The minimum Gasteiger partial charge on any atom is -0.379 e. The number of nitrogens with zero attached hydrogens (tertiary/aromatic N) is 1. The SMILES string of the molecule is Cc1ccc(CNCC(c2cccs2)N2CCOCC2)cc1. The highest BCUT2D eigenvalue weighted by Gasteiger charge is 2.22. The summed E-state index contributed by atoms with van der Waals surface area (Å²) in [5.74, 6) is 0. The van der Waals surface area contributed by atoms with Crippen molar-refractivity contribution in [1.29, 1.82) is 0 Å². The largest absolute Gasteiger partial charge is 0.379 e. The lowest BCUT2D eigenvalue weighted by Crippen LogP contribution is -2.42. The molecule has 0 saturated carbocycles. The Morgan fingerprint density at radius 3 is 2.64 bits per heavy atom. The fourth-order valence-electron chi connectivity index (χ4n) is 2.84. The average Bonchev–Trinajstić information content (AvgIpc) is 3.08. The molecule has 1 aliphatic heterocycles. The van der Waals surface area contributed by atoms with Gasteiger partial charge in [-0.25, -0.2) is 0 Å². The third-order valence-corrected chi connectivity index (χ3v) is 5.12. The third-order valence-electron chi connectivity index (χ3n) is 4.15. The van der Waals surface area contributed by atoms with Crippen molar-refractivity contribution in [2.24, 2.45) is 0 Å². The second kappa shape index (κ2) is 7.88. The predicted octanol–water partition coefficient (Wildman–Crippen LogP) is 3.22. The molecule has 2 aromatic rings. The number of ether oxygens (including phenoxy) is 1. The molecule has 0 aliphatic carbocycles. The normalized spacial score (nSPS) is 17.5. The van der Waals surface area contributed by atoms with Gasteiger partial charge in [0.25, 0.3) is 0 Å². The maximum absolute atomic E-state index is 5.49. The number of nitrogens with one attached hydrogen (secondary N) is 1. The van der Waals surface area contributed by atoms with Crippen LogP contribution in [0.1, 0.15) is 22.0 Å². The van der Waals surface area contributed by atoms with Gasteiger partial charge in [-0.15, -0.1) is 11.3 Å². The van der Waals surface area contributed by atoms with Crippen LogP contribution in [0.2, 0.25) is 0 Å². The first kappa shape index (κ1) is 15.7. The van der Waals surface area contributed by atoms with Crippen LogP contribution in [0.4, 0.5) is 0 Å². The molecule has 1 aromatic heterocycles. The summed E-state index contributed by atoms with van der Waals surface area (Å²) in [5.41, 5.74) is 2.66. The molecule has 1 aliphatic rings. The first-order chi connectivity index (χ1) is 10.8. The zero-order valence-corrected chi connectivity index (χ0v) is 13.9. The van der Waals surface area contributed by atoms with E-state index in [1.54, 1.807) is 0 Å². The predicted molar refractivity (Wildman–Crippen MR) is 92.3 cm³/mol. The summed E-state index contributed by atoms with van der Waals surface area (Å²) in [7, 11) is 0. The van der Waals surface area contributed by atoms with Crippen molar-refractivity contribution < 1.29 is 4.74 Å². The second-order valence-corrected chi connectivity index (χ2v) is 6.78. The molecule has 4 heteroatoms. The standard InChI is InChI=1S/C18H24N2OS/c1-15-4-6-16(7-5-15)13-19-14-17(18-3-2-12-22-18)20-8-10-21-11-9-20/h2-7,12,17,19H,8-11,13-14H2,1H3. The highest BCUT2D eigenvalue weighted by atomic mass is 32.1. The van der Waals surface area contributed by atoms with Crippen molar-refractivity contribution in [1.82, 2.24) is 10.2 Å². The zero-order valence-electron chi connectivity index (χ0n) is 13.1. The molecule has 1 saturated heterocycles. The average molecular weight is 316 g/mol. The second-order valence-electron chi connectivity index (χ2n) is 5.80. The van der Waals surface area contributed by atoms with Gasteiger partial charge in [-0.3, -0.25) is 4.90 Å². The van der Waals surface area contributed by atoms with E-state index in [0.717, 1.165) is 39.4 Å². The third kappa shape index (κ3) is 4.17. The number of hydrogen-bond donors (Lipinski definition) is 1. The Kier molecular flexibility index (Phi) is 5.62. The van der Waals surface area contributed by atoms with E-state index in [9.17, 15) is 0 Å². The zero-order chi connectivity index (χ0) is 15.2. The summed E-state index contributed by atoms with van der Waals surface area (Å²) in [4.78, 5) is 3.98. The molecule has 22 heavy (non-hydrogen) atoms. The van der Waals surface area contributed by atoms with Crippen LogP contribution in [-0.2, 0) is 11.3 Å². The van der Waals surface area contributed by atoms with E-state index in [4.69, 9.17) is 4.74 Å². The van der Waals surface area contributed by atoms with Gasteiger partial charge in [-0.05, 0) is 23.9 Å². The van der Waals surface area contributed by atoms with Crippen LogP contribution in [-0.4, -0.2) is 37.7 Å². The lowest BCUT2D eigenvalue weighted by atomic mass is 10.1. The van der Waals surface area contributed by atoms with Gasteiger partial charge in [0.1, 0.15) is 0 Å². The van der Waals surface area contributed by atoms with Gasteiger partial charge in [-0.2, -0.15) is 0 Å². The Hall–Kier alpha value is -1.20. The monoisotopic (exact) mass is 316 g/mol. The van der Waals surface area contributed by atoms with Crippen molar-refractivity contribution in [3.05, 3.63) is 57.8 Å². The molecule has 118 valence electrons. The minimum absolute atomic E-state index is 0.453. The fourth-order valence-corrected chi connectivity index (χ4v) is 3.70. The Balaban J connectivity index is 1.59. The molecule has 1 fully saturated rings. The van der Waals surface area contributed by atoms with Gasteiger partial charge in [0.2, 0.25) is 0 Å². The molecule has 0 spiro atoms. The number of hydrogen-bond acceptors (Lipinski definition) is 4. The lowest BCUT2D eigenvalue weighted by molar-refractivity contribution is 0.0168. The molecular weight excluding hydrogens is 292 g/mol. The summed E-state index contributed by atoms with van der Waals surface area (Å²) in [6.45, 7) is 7.77. The quantitative estimate of drug-likeness (QED) is 0.885. The van der Waals surface area contributed by atoms with Crippen molar-refractivity contribution in [2.75, 3.05) is 32.8 Å². The van der Waals surface area contributed by atoms with E-state index in [1.807, 2.05) is 11.3 Å². The molecule has 3 nitrogen and oxygen atoms in total. The van der Waals surface area contributed by atoms with E-state index >= 15 is 0 Å². The molecule has 1 aromatic carbocycles. The van der Waals surface area contributed by atoms with E-state index in [2.05, 4.69) is 58.9 Å². The Morgan fingerprint density at radius 1 is 1.18 bits per heavy atom. The van der Waals surface area contributed by atoms with E-state index in [-0.39, 0.29) is 0 Å². The first-order valence-corrected chi connectivity index (χ1v) is 8.82. The summed E-state index contributed by atoms with van der Waals surface area (Å²) in [6, 6.07) is 13.6. The van der Waals surface area contributed by atoms with Crippen molar-refractivity contribution in [2.45, 2.75) is 19.5 Å². The number of thiophene rings is 1. The van der Waals surface area contributed by atoms with Gasteiger partial charge in [0.15, 0.2) is 0 Å². The van der Waals surface area contributed by atoms with Crippen LogP contribution in [0.3, 0.4) is 0 Å². The van der Waals surface area contributed by atoms with Crippen LogP contribution in [0.15, 0.2) is 41.8 Å². The van der Waals surface area contributed by atoms with E-state index < -0.39 is 0 Å². The smallest absolute Gasteiger partial charge is 0.0594 e. The number of morpholine rings is 1. The topological polar surface area (TPSA) is 24.5 Å². The molecular formula is C18H24N2OS. The maximum Gasteiger partial charge on any atom is 0.0594 e. The molecule has 0 radical (unpaired) electrons. The van der Waals surface area contributed by atoms with Crippen LogP contribution < -0.4 is 5.32 Å². The fraction of sp³-hybridized carbons (Fsp3) is 0.444. The van der Waals surface area contributed by atoms with Crippen LogP contribution >= 0.6 is 11.3 Å². The number of benzene rings is 1. The van der Waals surface area contributed by atoms with Crippen LogP contribution in [0, 0.1) is 6.92 Å². The van der Waals surface area contributed by atoms with Crippen molar-refractivity contribution >= 4 is 11.3 Å². The molecule has 1 unspecified atom stereocenters. The lowest BCUT2D eigenvalue weighted by Gasteiger charge is -2.34. The molecule has 0 amide bonds. The summed E-state index contributed by atoms with van der Waals surface area (Å²) in [6.07, 6.45) is 0. The van der Waals surface area contributed by atoms with Gasteiger partial charge in [0, 0.05) is 31.1 Å². The molecule has 2 heterocycles. The number of rotatable bonds is 6. The van der Waals surface area contributed by atoms with Gasteiger partial charge < -0.3 is 10.1 Å². The Bertz CT molecular complexity index is 547. The van der Waals surface area contributed by atoms with Crippen LogP contribution in [0.5, 0.6) is 0 Å². The summed E-state index contributed by atoms with van der Waals surface area (Å²) in [5, 5.41) is 5.80. The Morgan fingerprint density at radius 2 is 1.95 bits per heavy atom. The molecule has 1 atom stereocenters. The number of aryl methyl sites for hydroxylation is 1.